The third-order valence-corrected chi connectivity index (χ3v) is 7.12. The molecule has 0 aliphatic carbocycles. The molecule has 0 unspecified atom stereocenters. The summed E-state index contributed by atoms with van der Waals surface area (Å²) in [7, 11) is 1.65. The zero-order chi connectivity index (χ0) is 30.5. The van der Waals surface area contributed by atoms with Gasteiger partial charge in [-0.1, -0.05) is 49.7 Å². The quantitative estimate of drug-likeness (QED) is 0.184. The first-order chi connectivity index (χ1) is 20.7. The van der Waals surface area contributed by atoms with Crippen LogP contribution >= 0.6 is 11.6 Å². The number of benzene rings is 4. The largest absolute Gasteiger partial charge is 0.496 e. The number of rotatable bonds is 9. The van der Waals surface area contributed by atoms with Crippen molar-refractivity contribution in [3.05, 3.63) is 117 Å². The van der Waals surface area contributed by atoms with Crippen LogP contribution in [0.4, 0.5) is 5.69 Å². The van der Waals surface area contributed by atoms with Gasteiger partial charge < -0.3 is 14.8 Å². The Morgan fingerprint density at radius 3 is 2.56 bits per heavy atom. The number of para-hydroxylation sites is 1. The first-order valence-electron chi connectivity index (χ1n) is 13.8. The Labute approximate surface area is 254 Å². The van der Waals surface area contributed by atoms with E-state index in [-0.39, 0.29) is 24.0 Å². The van der Waals surface area contributed by atoms with Crippen molar-refractivity contribution in [2.45, 2.75) is 26.7 Å². The fourth-order valence-corrected chi connectivity index (χ4v) is 4.79. The van der Waals surface area contributed by atoms with Gasteiger partial charge in [-0.15, -0.1) is 0 Å². The van der Waals surface area contributed by atoms with Crippen molar-refractivity contribution >= 4 is 40.3 Å². The van der Waals surface area contributed by atoms with Gasteiger partial charge >= 0.3 is 0 Å². The molecule has 0 aliphatic rings. The van der Waals surface area contributed by atoms with E-state index in [4.69, 9.17) is 26.1 Å². The number of carbonyl (C=O) groups excluding carboxylic acids is 1. The molecule has 8 nitrogen and oxygen atoms in total. The molecule has 218 valence electrons. The second kappa shape index (κ2) is 12.9. The number of anilines is 1. The maximum Gasteiger partial charge on any atom is 0.282 e. The van der Waals surface area contributed by atoms with Crippen LogP contribution in [-0.2, 0) is 4.79 Å². The van der Waals surface area contributed by atoms with Crippen LogP contribution in [0.5, 0.6) is 11.5 Å². The van der Waals surface area contributed by atoms with Gasteiger partial charge in [-0.2, -0.15) is 9.78 Å². The smallest absolute Gasteiger partial charge is 0.282 e. The lowest BCUT2D eigenvalue weighted by atomic mass is 9.96. The van der Waals surface area contributed by atoms with Crippen molar-refractivity contribution in [1.29, 1.82) is 0 Å². The van der Waals surface area contributed by atoms with E-state index in [1.165, 1.54) is 4.68 Å². The molecule has 4 aromatic carbocycles. The second-order valence-electron chi connectivity index (χ2n) is 10.3. The van der Waals surface area contributed by atoms with Gasteiger partial charge in [-0.3, -0.25) is 9.59 Å². The Balaban J connectivity index is 1.46. The highest BCUT2D eigenvalue weighted by molar-refractivity contribution is 6.30. The fourth-order valence-electron chi connectivity index (χ4n) is 4.66. The Morgan fingerprint density at radius 1 is 1.05 bits per heavy atom. The summed E-state index contributed by atoms with van der Waals surface area (Å²) in [5, 5.41) is 8.41. The van der Waals surface area contributed by atoms with Crippen LogP contribution in [0, 0.1) is 6.92 Å². The van der Waals surface area contributed by atoms with Gasteiger partial charge in [0.05, 0.1) is 24.2 Å². The molecule has 0 saturated carbocycles. The fraction of sp³-hybridized carbons (Fsp3) is 0.176. The van der Waals surface area contributed by atoms with Crippen LogP contribution in [0.1, 0.15) is 36.5 Å². The number of carbonyl (C=O) groups is 1. The van der Waals surface area contributed by atoms with Crippen molar-refractivity contribution in [1.82, 2.24) is 9.66 Å². The maximum atomic E-state index is 13.7. The van der Waals surface area contributed by atoms with Crippen LogP contribution < -0.4 is 20.3 Å². The number of hydrogen-bond donors (Lipinski definition) is 1. The molecule has 0 atom stereocenters. The molecule has 0 bridgehead atoms. The topological polar surface area (TPSA) is 94.8 Å². The van der Waals surface area contributed by atoms with Crippen LogP contribution in [0.15, 0.2) is 94.8 Å². The maximum absolute atomic E-state index is 13.7. The number of halogens is 1. The van der Waals surface area contributed by atoms with E-state index < -0.39 is 0 Å². The van der Waals surface area contributed by atoms with Gasteiger partial charge in [0.2, 0.25) is 0 Å². The Kier molecular flexibility index (Phi) is 8.87. The summed E-state index contributed by atoms with van der Waals surface area (Å²) in [6.07, 6.45) is 1.57. The first-order valence-corrected chi connectivity index (χ1v) is 14.1. The van der Waals surface area contributed by atoms with Gasteiger partial charge in [-0.25, -0.2) is 4.98 Å². The molecule has 1 heterocycles. The number of nitrogens with one attached hydrogen (secondary N) is 1. The molecule has 9 heteroatoms. The first kappa shape index (κ1) is 29.5. The molecular formula is C34H31ClN4O4. The summed E-state index contributed by atoms with van der Waals surface area (Å²) in [4.78, 5) is 31.0. The van der Waals surface area contributed by atoms with Crippen LogP contribution in [0.25, 0.3) is 22.3 Å². The van der Waals surface area contributed by atoms with E-state index in [1.54, 1.807) is 67.9 Å². The number of nitrogens with zero attached hydrogens (tertiary/aromatic N) is 3. The summed E-state index contributed by atoms with van der Waals surface area (Å²) in [6.45, 7) is 5.95. The van der Waals surface area contributed by atoms with Crippen molar-refractivity contribution in [2.24, 2.45) is 5.10 Å². The number of methoxy groups -OCH3 is 1. The Morgan fingerprint density at radius 2 is 1.81 bits per heavy atom. The Bertz CT molecular complexity index is 1880. The Hall–Kier alpha value is -4.95. The van der Waals surface area contributed by atoms with Gasteiger partial charge in [0.25, 0.3) is 11.5 Å². The highest BCUT2D eigenvalue weighted by atomic mass is 35.5. The molecule has 1 amide bonds. The zero-order valence-electron chi connectivity index (χ0n) is 24.3. The molecule has 0 radical (unpaired) electrons. The molecule has 5 aromatic rings. The predicted octanol–water partition coefficient (Wildman–Crippen LogP) is 7.06. The standard InChI is InChI=1S/C34H31ClN4O4/c1-21(2)28-18-29(22(3)16-31(28)42-4)33-38-30-11-6-5-10-27(30)34(41)39(33)36-19-23-8-7-9-26(17-23)43-20-32(40)37-25-14-12-24(35)13-15-25/h5-19,21H,20H2,1-4H3,(H,37,40). The average Bonchev–Trinajstić information content (AvgIpc) is 3.00. The van der Waals surface area contributed by atoms with E-state index in [0.717, 1.165) is 22.4 Å². The number of fused-ring (bicyclic) bond motifs is 1. The monoisotopic (exact) mass is 594 g/mol. The molecular weight excluding hydrogens is 564 g/mol. The molecule has 1 N–H and O–H groups in total. The number of aromatic nitrogens is 2. The molecule has 0 spiro atoms. The molecule has 5 rings (SSSR count). The second-order valence-corrected chi connectivity index (χ2v) is 10.7. The third kappa shape index (κ3) is 6.76. The highest BCUT2D eigenvalue weighted by Crippen LogP contribution is 2.34. The minimum atomic E-state index is -0.310. The lowest BCUT2D eigenvalue weighted by Crippen LogP contribution is -2.21. The third-order valence-electron chi connectivity index (χ3n) is 6.87. The summed E-state index contributed by atoms with van der Waals surface area (Å²) in [6, 6.07) is 25.1. The van der Waals surface area contributed by atoms with E-state index in [1.807, 2.05) is 37.3 Å². The lowest BCUT2D eigenvalue weighted by Gasteiger charge is -2.17. The summed E-state index contributed by atoms with van der Waals surface area (Å²) < 4.78 is 12.7. The highest BCUT2D eigenvalue weighted by Gasteiger charge is 2.18. The normalized spacial score (nSPS) is 11.3. The van der Waals surface area contributed by atoms with Crippen LogP contribution in [-0.4, -0.2) is 35.5 Å². The van der Waals surface area contributed by atoms with Crippen molar-refractivity contribution < 1.29 is 14.3 Å². The van der Waals surface area contributed by atoms with Gasteiger partial charge in [-0.05, 0) is 90.2 Å². The minimum Gasteiger partial charge on any atom is -0.496 e. The average molecular weight is 595 g/mol. The van der Waals surface area contributed by atoms with E-state index in [2.05, 4.69) is 24.3 Å². The van der Waals surface area contributed by atoms with Crippen molar-refractivity contribution in [3.63, 3.8) is 0 Å². The number of amides is 1. The lowest BCUT2D eigenvalue weighted by molar-refractivity contribution is -0.118. The van der Waals surface area contributed by atoms with Gasteiger partial charge in [0, 0.05) is 16.3 Å². The van der Waals surface area contributed by atoms with Gasteiger partial charge in [0.15, 0.2) is 12.4 Å². The van der Waals surface area contributed by atoms with Crippen molar-refractivity contribution in [2.75, 3.05) is 19.0 Å². The summed E-state index contributed by atoms with van der Waals surface area (Å²) in [5.41, 5.74) is 4.29. The minimum absolute atomic E-state index is 0.184. The van der Waals surface area contributed by atoms with Crippen LogP contribution in [0.3, 0.4) is 0 Å². The molecule has 0 fully saturated rings. The number of ether oxygens (including phenoxy) is 2. The molecule has 1 aromatic heterocycles. The SMILES string of the molecule is COc1cc(C)c(-c2nc3ccccc3c(=O)n2N=Cc2cccc(OCC(=O)Nc3ccc(Cl)cc3)c2)cc1C(C)C. The molecule has 0 aliphatic heterocycles. The molecule has 43 heavy (non-hydrogen) atoms. The summed E-state index contributed by atoms with van der Waals surface area (Å²) in [5.74, 6) is 1.57. The van der Waals surface area contributed by atoms with Crippen LogP contribution in [0.2, 0.25) is 5.02 Å². The van der Waals surface area contributed by atoms with Gasteiger partial charge in [0.1, 0.15) is 11.5 Å². The van der Waals surface area contributed by atoms with E-state index in [0.29, 0.717) is 38.8 Å². The predicted molar refractivity (Wildman–Crippen MR) is 172 cm³/mol. The van der Waals surface area contributed by atoms with E-state index in [9.17, 15) is 9.59 Å². The van der Waals surface area contributed by atoms with Crippen molar-refractivity contribution in [3.8, 4) is 22.9 Å². The number of aryl methyl sites for hydroxylation is 1. The summed E-state index contributed by atoms with van der Waals surface area (Å²) >= 11 is 5.90. The molecule has 0 saturated heterocycles. The number of hydrogen-bond acceptors (Lipinski definition) is 6. The van der Waals surface area contributed by atoms with E-state index >= 15 is 0 Å². The zero-order valence-corrected chi connectivity index (χ0v) is 25.1.